The van der Waals surface area contributed by atoms with Gasteiger partial charge >= 0.3 is 0 Å². The van der Waals surface area contributed by atoms with Crippen LogP contribution in [0.1, 0.15) is 25.1 Å². The zero-order valence-corrected chi connectivity index (χ0v) is 20.4. The maximum Gasteiger partial charge on any atom is 0.129 e. The number of aryl methyl sites for hydroxylation is 1. The zero-order chi connectivity index (χ0) is 23.8. The monoisotopic (exact) mass is 442 g/mol. The molecule has 3 rings (SSSR count). The molecule has 0 N–H and O–H groups in total. The lowest BCUT2D eigenvalue weighted by Crippen LogP contribution is -2.44. The van der Waals surface area contributed by atoms with Gasteiger partial charge in [-0.25, -0.2) is 9.98 Å². The van der Waals surface area contributed by atoms with E-state index in [-0.39, 0.29) is 0 Å². The van der Waals surface area contributed by atoms with Gasteiger partial charge in [-0.15, -0.1) is 0 Å². The maximum absolute atomic E-state index is 4.69. The van der Waals surface area contributed by atoms with Gasteiger partial charge in [0.1, 0.15) is 12.2 Å². The van der Waals surface area contributed by atoms with Crippen LogP contribution in [-0.4, -0.2) is 67.2 Å². The average Bonchev–Trinajstić information content (AvgIpc) is 2.83. The quantitative estimate of drug-likeness (QED) is 0.350. The first kappa shape index (κ1) is 24.3. The van der Waals surface area contributed by atoms with Crippen LogP contribution in [-0.2, 0) is 0 Å². The number of nitrogens with zero attached hydrogens (tertiary/aromatic N) is 6. The molecule has 1 saturated heterocycles. The lowest BCUT2D eigenvalue weighted by Gasteiger charge is -2.33. The first-order valence-electron chi connectivity index (χ1n) is 11.3. The molecule has 2 aromatic heterocycles. The van der Waals surface area contributed by atoms with Gasteiger partial charge in [-0.05, 0) is 68.8 Å². The molecule has 33 heavy (non-hydrogen) atoms. The molecule has 6 heteroatoms. The molecular formula is C27H34N6. The van der Waals surface area contributed by atoms with Crippen molar-refractivity contribution in [3.05, 3.63) is 72.2 Å². The fourth-order valence-electron chi connectivity index (χ4n) is 3.73. The number of likely N-dealkylation sites (N-methyl/N-ethyl adjacent to an activating group) is 1. The number of rotatable bonds is 7. The van der Waals surface area contributed by atoms with E-state index in [1.165, 1.54) is 0 Å². The van der Waals surface area contributed by atoms with Gasteiger partial charge in [0.2, 0.25) is 0 Å². The number of pyridine rings is 2. The van der Waals surface area contributed by atoms with Crippen LogP contribution in [0.25, 0.3) is 16.7 Å². The maximum atomic E-state index is 4.69. The molecule has 3 heterocycles. The van der Waals surface area contributed by atoms with Crippen molar-refractivity contribution in [1.82, 2.24) is 14.9 Å². The van der Waals surface area contributed by atoms with Gasteiger partial charge in [-0.3, -0.25) is 9.98 Å². The average molecular weight is 443 g/mol. The Hall–Kier alpha value is -3.38. The second-order valence-corrected chi connectivity index (χ2v) is 8.25. The fourth-order valence-corrected chi connectivity index (χ4v) is 3.73. The summed E-state index contributed by atoms with van der Waals surface area (Å²) in [7, 11) is 3.87. The molecule has 1 aliphatic heterocycles. The Balaban J connectivity index is 1.87. The Labute approximate surface area is 197 Å². The molecule has 1 fully saturated rings. The Kier molecular flexibility index (Phi) is 8.44. The molecule has 0 radical (unpaired) electrons. The Morgan fingerprint density at radius 3 is 2.55 bits per heavy atom. The molecule has 2 aromatic rings. The fraction of sp³-hybridized carbons (Fsp3) is 0.333. The number of anilines is 1. The summed E-state index contributed by atoms with van der Waals surface area (Å²) in [5, 5.41) is 0. The van der Waals surface area contributed by atoms with Crippen molar-refractivity contribution in [2.45, 2.75) is 20.8 Å². The Morgan fingerprint density at radius 1 is 1.09 bits per heavy atom. The highest BCUT2D eigenvalue weighted by Crippen LogP contribution is 2.30. The van der Waals surface area contributed by atoms with E-state index in [2.05, 4.69) is 61.6 Å². The van der Waals surface area contributed by atoms with Crippen LogP contribution in [0.4, 0.5) is 5.82 Å². The Morgan fingerprint density at radius 2 is 1.85 bits per heavy atom. The summed E-state index contributed by atoms with van der Waals surface area (Å²) in [6, 6.07) is 6.38. The highest BCUT2D eigenvalue weighted by atomic mass is 15.3. The molecule has 0 atom stereocenters. The largest absolute Gasteiger partial charge is 0.354 e. The second-order valence-electron chi connectivity index (χ2n) is 8.25. The molecule has 0 amide bonds. The summed E-state index contributed by atoms with van der Waals surface area (Å²) in [5.41, 5.74) is 7.01. The predicted octanol–water partition coefficient (Wildman–Crippen LogP) is 4.84. The van der Waals surface area contributed by atoms with Crippen molar-refractivity contribution in [3.63, 3.8) is 0 Å². The number of piperazine rings is 1. The van der Waals surface area contributed by atoms with Gasteiger partial charge in [0, 0.05) is 68.2 Å². The third-order valence-corrected chi connectivity index (χ3v) is 5.86. The van der Waals surface area contributed by atoms with Crippen molar-refractivity contribution < 1.29 is 0 Å². The lowest BCUT2D eigenvalue weighted by atomic mass is 9.95. The minimum absolute atomic E-state index is 0.879. The van der Waals surface area contributed by atoms with E-state index in [9.17, 15) is 0 Å². The smallest absolute Gasteiger partial charge is 0.129 e. The zero-order valence-electron chi connectivity index (χ0n) is 20.4. The van der Waals surface area contributed by atoms with Crippen molar-refractivity contribution in [2.24, 2.45) is 9.98 Å². The van der Waals surface area contributed by atoms with Crippen LogP contribution in [0.3, 0.4) is 0 Å². The summed E-state index contributed by atoms with van der Waals surface area (Å²) >= 11 is 0. The van der Waals surface area contributed by atoms with Crippen LogP contribution in [0.2, 0.25) is 0 Å². The highest BCUT2D eigenvalue weighted by Gasteiger charge is 2.16. The van der Waals surface area contributed by atoms with Crippen LogP contribution in [0, 0.1) is 6.92 Å². The van der Waals surface area contributed by atoms with Crippen molar-refractivity contribution in [1.29, 1.82) is 0 Å². The van der Waals surface area contributed by atoms with Crippen LogP contribution in [0.5, 0.6) is 0 Å². The summed E-state index contributed by atoms with van der Waals surface area (Å²) in [6.07, 6.45) is 11.4. The van der Waals surface area contributed by atoms with Crippen LogP contribution in [0.15, 0.2) is 71.0 Å². The van der Waals surface area contributed by atoms with E-state index in [1.807, 2.05) is 51.4 Å². The third kappa shape index (κ3) is 6.33. The van der Waals surface area contributed by atoms with E-state index in [0.29, 0.717) is 0 Å². The van der Waals surface area contributed by atoms with Crippen LogP contribution >= 0.6 is 0 Å². The second kappa shape index (κ2) is 11.5. The van der Waals surface area contributed by atoms with Gasteiger partial charge in [-0.2, -0.15) is 0 Å². The molecule has 6 nitrogen and oxygen atoms in total. The number of hydrogen-bond acceptors (Lipinski definition) is 5. The molecular weight excluding hydrogens is 408 g/mol. The van der Waals surface area contributed by atoms with Crippen molar-refractivity contribution in [2.75, 3.05) is 45.2 Å². The molecule has 0 aromatic carbocycles. The highest BCUT2D eigenvalue weighted by molar-refractivity contribution is 5.98. The predicted molar refractivity (Wildman–Crippen MR) is 141 cm³/mol. The summed E-state index contributed by atoms with van der Waals surface area (Å²) in [6.45, 7) is 14.5. The first-order chi connectivity index (χ1) is 15.9. The van der Waals surface area contributed by atoms with Gasteiger partial charge in [0.05, 0.1) is 0 Å². The van der Waals surface area contributed by atoms with Gasteiger partial charge < -0.3 is 9.80 Å². The van der Waals surface area contributed by atoms with Crippen molar-refractivity contribution >= 4 is 23.4 Å². The van der Waals surface area contributed by atoms with E-state index in [4.69, 9.17) is 0 Å². The topological polar surface area (TPSA) is 57.0 Å². The molecule has 0 spiro atoms. The SMILES string of the molecule is C=C(C(/C=C\C(C)=NC=NC)=C/C)c1cc(-c2ccnc(N3CCN(C)CC3)c2)cnc1C. The summed E-state index contributed by atoms with van der Waals surface area (Å²) in [4.78, 5) is 22.2. The van der Waals surface area contributed by atoms with Gasteiger partial charge in [0.15, 0.2) is 0 Å². The van der Waals surface area contributed by atoms with Crippen LogP contribution < -0.4 is 4.90 Å². The van der Waals surface area contributed by atoms with E-state index >= 15 is 0 Å². The van der Waals surface area contributed by atoms with Gasteiger partial charge in [-0.1, -0.05) is 18.7 Å². The number of aromatic nitrogens is 2. The van der Waals surface area contributed by atoms with Gasteiger partial charge in [0.25, 0.3) is 0 Å². The molecule has 0 unspecified atom stereocenters. The molecule has 0 saturated carbocycles. The Bertz CT molecular complexity index is 1100. The molecule has 0 aliphatic carbocycles. The molecule has 0 bridgehead atoms. The van der Waals surface area contributed by atoms with E-state index in [1.54, 1.807) is 13.4 Å². The molecule has 1 aliphatic rings. The summed E-state index contributed by atoms with van der Waals surface area (Å²) < 4.78 is 0. The lowest BCUT2D eigenvalue weighted by molar-refractivity contribution is 0.312. The van der Waals surface area contributed by atoms with Crippen molar-refractivity contribution in [3.8, 4) is 11.1 Å². The number of allylic oxidation sites excluding steroid dienone is 5. The normalized spacial score (nSPS) is 16.2. The first-order valence-corrected chi connectivity index (χ1v) is 11.3. The standard InChI is InChI=1S/C27H34N6/c1-7-23(9-8-20(2)31-19-28-5)21(3)26-16-25(18-30-22(26)4)24-10-11-29-27(17-24)33-14-12-32(6)13-15-33/h7-11,16-19H,3,12-15H2,1-2,4-6H3/b9-8-,23-7+,28-19?,31-20?. The minimum Gasteiger partial charge on any atom is -0.354 e. The minimum atomic E-state index is 0.879. The molecule has 172 valence electrons. The number of aliphatic imine (C=N–C) groups is 2. The van der Waals surface area contributed by atoms with E-state index < -0.39 is 0 Å². The van der Waals surface area contributed by atoms with E-state index in [0.717, 1.165) is 71.2 Å². The number of hydrogen-bond donors (Lipinski definition) is 0. The summed E-state index contributed by atoms with van der Waals surface area (Å²) in [5.74, 6) is 1.02. The third-order valence-electron chi connectivity index (χ3n) is 5.86.